The van der Waals surface area contributed by atoms with Gasteiger partial charge in [0.2, 0.25) is 0 Å². The summed E-state index contributed by atoms with van der Waals surface area (Å²) in [6.45, 7) is 0. The molecule has 80 valence electrons. The second-order valence-electron chi connectivity index (χ2n) is 2.78. The Balaban J connectivity index is 3.28. The van der Waals surface area contributed by atoms with Gasteiger partial charge in [-0.25, -0.2) is 13.8 Å². The molecular formula is C9H7BrF2N2O. The molecule has 6 heteroatoms. The summed E-state index contributed by atoms with van der Waals surface area (Å²) in [7, 11) is 0. The van der Waals surface area contributed by atoms with E-state index in [4.69, 9.17) is 5.26 Å². The molecule has 0 bridgehead atoms. The molecule has 0 saturated heterocycles. The number of nitriles is 1. The van der Waals surface area contributed by atoms with Gasteiger partial charge in [0.05, 0.1) is 18.2 Å². The molecule has 1 rings (SSSR count). The summed E-state index contributed by atoms with van der Waals surface area (Å²) in [6, 6.07) is 3.22. The first-order chi connectivity index (χ1) is 7.10. The van der Waals surface area contributed by atoms with Crippen LogP contribution < -0.4 is 0 Å². The summed E-state index contributed by atoms with van der Waals surface area (Å²) in [6.07, 6.45) is -2.96. The van der Waals surface area contributed by atoms with E-state index in [1.165, 1.54) is 6.07 Å². The maximum atomic E-state index is 12.4. The molecule has 0 spiro atoms. The second-order valence-corrected chi connectivity index (χ2v) is 3.34. The van der Waals surface area contributed by atoms with Crippen LogP contribution in [-0.4, -0.2) is 10.1 Å². The fourth-order valence-electron chi connectivity index (χ4n) is 1.11. The molecular weight excluding hydrogens is 270 g/mol. The molecule has 0 amide bonds. The number of pyridine rings is 1. The molecule has 0 fully saturated rings. The third-order valence-corrected chi connectivity index (χ3v) is 2.34. The Kier molecular flexibility index (Phi) is 3.97. The number of aromatic hydroxyl groups is 1. The van der Waals surface area contributed by atoms with Gasteiger partial charge in [-0.1, -0.05) is 15.9 Å². The first kappa shape index (κ1) is 11.9. The highest BCUT2D eigenvalue weighted by molar-refractivity contribution is 9.08. The number of halogens is 3. The zero-order chi connectivity index (χ0) is 11.4. The highest BCUT2D eigenvalue weighted by Gasteiger charge is 2.18. The Bertz CT molecular complexity index is 404. The molecule has 0 aliphatic rings. The molecule has 1 aromatic heterocycles. The number of alkyl halides is 3. The van der Waals surface area contributed by atoms with Crippen LogP contribution in [-0.2, 0) is 11.8 Å². The van der Waals surface area contributed by atoms with Gasteiger partial charge in [-0.2, -0.15) is 5.26 Å². The van der Waals surface area contributed by atoms with Gasteiger partial charge >= 0.3 is 0 Å². The molecule has 0 saturated carbocycles. The van der Waals surface area contributed by atoms with Crippen LogP contribution in [0.5, 0.6) is 5.75 Å². The molecule has 0 aromatic carbocycles. The lowest BCUT2D eigenvalue weighted by Gasteiger charge is -2.08. The molecule has 0 atom stereocenters. The van der Waals surface area contributed by atoms with Gasteiger partial charge in [0.25, 0.3) is 6.43 Å². The zero-order valence-electron chi connectivity index (χ0n) is 7.54. The molecule has 1 N–H and O–H groups in total. The molecule has 3 nitrogen and oxygen atoms in total. The van der Waals surface area contributed by atoms with Crippen LogP contribution in [0.2, 0.25) is 0 Å². The summed E-state index contributed by atoms with van der Waals surface area (Å²) in [5, 5.41) is 18.2. The van der Waals surface area contributed by atoms with E-state index < -0.39 is 17.9 Å². The third-order valence-electron chi connectivity index (χ3n) is 1.76. The van der Waals surface area contributed by atoms with E-state index in [1.807, 2.05) is 0 Å². The molecule has 1 aromatic rings. The van der Waals surface area contributed by atoms with Gasteiger partial charge in [0.15, 0.2) is 0 Å². The normalized spacial score (nSPS) is 10.3. The van der Waals surface area contributed by atoms with E-state index in [1.54, 1.807) is 6.07 Å². The monoisotopic (exact) mass is 276 g/mol. The van der Waals surface area contributed by atoms with Crippen LogP contribution in [0.4, 0.5) is 8.78 Å². The molecule has 0 aliphatic carbocycles. The van der Waals surface area contributed by atoms with Crippen molar-refractivity contribution < 1.29 is 13.9 Å². The van der Waals surface area contributed by atoms with Gasteiger partial charge in [-0.3, -0.25) is 0 Å². The van der Waals surface area contributed by atoms with Crippen molar-refractivity contribution in [2.75, 3.05) is 0 Å². The molecule has 15 heavy (non-hydrogen) atoms. The zero-order valence-corrected chi connectivity index (χ0v) is 9.13. The van der Waals surface area contributed by atoms with Crippen molar-refractivity contribution in [3.8, 4) is 11.8 Å². The number of rotatable bonds is 3. The van der Waals surface area contributed by atoms with E-state index in [2.05, 4.69) is 20.9 Å². The van der Waals surface area contributed by atoms with Gasteiger partial charge in [0, 0.05) is 10.9 Å². The van der Waals surface area contributed by atoms with Crippen LogP contribution in [0.15, 0.2) is 6.07 Å². The lowest BCUT2D eigenvalue weighted by Crippen LogP contribution is -1.99. The van der Waals surface area contributed by atoms with Crippen LogP contribution in [0.1, 0.15) is 23.4 Å². The van der Waals surface area contributed by atoms with Crippen LogP contribution in [0.3, 0.4) is 0 Å². The fourth-order valence-corrected chi connectivity index (χ4v) is 1.40. The predicted octanol–water partition coefficient (Wildman–Crippen LogP) is 2.69. The third kappa shape index (κ3) is 2.63. The minimum Gasteiger partial charge on any atom is -0.505 e. The Labute approximate surface area is 93.5 Å². The maximum absolute atomic E-state index is 12.4. The maximum Gasteiger partial charge on any atom is 0.284 e. The molecule has 0 unspecified atom stereocenters. The predicted molar refractivity (Wildman–Crippen MR) is 52.8 cm³/mol. The van der Waals surface area contributed by atoms with Crippen molar-refractivity contribution in [2.45, 2.75) is 18.2 Å². The average Bonchev–Trinajstić information content (AvgIpc) is 2.21. The number of hydrogen-bond acceptors (Lipinski definition) is 3. The molecule has 1 heterocycles. The average molecular weight is 277 g/mol. The van der Waals surface area contributed by atoms with Crippen LogP contribution in [0.25, 0.3) is 0 Å². The number of aromatic nitrogens is 1. The Morgan fingerprint density at radius 3 is 2.73 bits per heavy atom. The number of nitrogens with zero attached hydrogens (tertiary/aromatic N) is 2. The molecule has 0 aliphatic heterocycles. The topological polar surface area (TPSA) is 56.9 Å². The standard InChI is InChI=1S/C9H7BrF2N2O/c10-4-6-3-5(1-2-13)8(15)7(14-6)9(11)12/h3,9,15H,1,4H2. The smallest absolute Gasteiger partial charge is 0.284 e. The fraction of sp³-hybridized carbons (Fsp3) is 0.333. The lowest BCUT2D eigenvalue weighted by atomic mass is 10.1. The van der Waals surface area contributed by atoms with E-state index in [-0.39, 0.29) is 12.0 Å². The van der Waals surface area contributed by atoms with E-state index in [0.717, 1.165) is 0 Å². The van der Waals surface area contributed by atoms with Crippen molar-refractivity contribution in [3.63, 3.8) is 0 Å². The van der Waals surface area contributed by atoms with Crippen molar-refractivity contribution in [1.29, 1.82) is 5.26 Å². The first-order valence-electron chi connectivity index (χ1n) is 4.02. The highest BCUT2D eigenvalue weighted by Crippen LogP contribution is 2.30. The highest BCUT2D eigenvalue weighted by atomic mass is 79.9. The van der Waals surface area contributed by atoms with E-state index >= 15 is 0 Å². The number of hydrogen-bond donors (Lipinski definition) is 1. The van der Waals surface area contributed by atoms with E-state index in [0.29, 0.717) is 11.0 Å². The summed E-state index contributed by atoms with van der Waals surface area (Å²) in [5.41, 5.74) is -0.122. The summed E-state index contributed by atoms with van der Waals surface area (Å²) < 4.78 is 24.9. The van der Waals surface area contributed by atoms with Crippen molar-refractivity contribution in [3.05, 3.63) is 23.0 Å². The minimum absolute atomic E-state index is 0.117. The van der Waals surface area contributed by atoms with Gasteiger partial charge in [-0.15, -0.1) is 0 Å². The van der Waals surface area contributed by atoms with Gasteiger partial charge in [0.1, 0.15) is 11.4 Å². The van der Waals surface area contributed by atoms with E-state index in [9.17, 15) is 13.9 Å². The van der Waals surface area contributed by atoms with Crippen molar-refractivity contribution >= 4 is 15.9 Å². The molecule has 0 radical (unpaired) electrons. The Morgan fingerprint density at radius 2 is 2.27 bits per heavy atom. The summed E-state index contributed by atoms with van der Waals surface area (Å²) in [5.74, 6) is -0.587. The van der Waals surface area contributed by atoms with Crippen molar-refractivity contribution in [2.24, 2.45) is 0 Å². The SMILES string of the molecule is N#CCc1cc(CBr)nc(C(F)F)c1O. The summed E-state index contributed by atoms with van der Waals surface area (Å²) >= 11 is 3.08. The Morgan fingerprint density at radius 1 is 1.60 bits per heavy atom. The minimum atomic E-state index is -2.85. The van der Waals surface area contributed by atoms with Gasteiger partial charge < -0.3 is 5.11 Å². The quantitative estimate of drug-likeness (QED) is 0.864. The first-order valence-corrected chi connectivity index (χ1v) is 5.15. The summed E-state index contributed by atoms with van der Waals surface area (Å²) in [4.78, 5) is 3.58. The second kappa shape index (κ2) is 5.03. The lowest BCUT2D eigenvalue weighted by molar-refractivity contribution is 0.141. The van der Waals surface area contributed by atoms with Crippen molar-refractivity contribution in [1.82, 2.24) is 4.98 Å². The van der Waals surface area contributed by atoms with Gasteiger partial charge in [-0.05, 0) is 6.07 Å². The largest absolute Gasteiger partial charge is 0.505 e. The Hall–Kier alpha value is -1.22. The van der Waals surface area contributed by atoms with Crippen LogP contribution >= 0.6 is 15.9 Å². The van der Waals surface area contributed by atoms with Crippen LogP contribution in [0, 0.1) is 11.3 Å².